The van der Waals surface area contributed by atoms with Gasteiger partial charge >= 0.3 is 5.97 Å². The van der Waals surface area contributed by atoms with Crippen LogP contribution in [0.5, 0.6) is 5.75 Å². The van der Waals surface area contributed by atoms with Crippen molar-refractivity contribution >= 4 is 17.6 Å². The van der Waals surface area contributed by atoms with Crippen LogP contribution in [-0.2, 0) is 4.79 Å². The summed E-state index contributed by atoms with van der Waals surface area (Å²) in [5.41, 5.74) is 2.85. The Balaban J connectivity index is 3.36. The molecule has 1 aromatic rings. The zero-order chi connectivity index (χ0) is 15.3. The van der Waals surface area contributed by atoms with E-state index in [2.05, 4.69) is 6.92 Å². The quantitative estimate of drug-likeness (QED) is 0.792. The molecule has 20 heavy (non-hydrogen) atoms. The Labute approximate surface area is 125 Å². The number of aryl methyl sites for hydroxylation is 1. The van der Waals surface area contributed by atoms with Gasteiger partial charge in [0.15, 0.2) is 0 Å². The van der Waals surface area contributed by atoms with Crippen molar-refractivity contribution in [2.24, 2.45) is 0 Å². The number of carbonyl (C=O) groups is 1. The van der Waals surface area contributed by atoms with Crippen molar-refractivity contribution < 1.29 is 14.6 Å². The summed E-state index contributed by atoms with van der Waals surface area (Å²) in [6.45, 7) is 8.42. The van der Waals surface area contributed by atoms with Crippen LogP contribution in [0.3, 0.4) is 0 Å². The van der Waals surface area contributed by atoms with E-state index in [1.54, 1.807) is 0 Å². The molecule has 0 bridgehead atoms. The number of carboxylic acid groups (broad SMARTS) is 1. The minimum Gasteiger partial charge on any atom is -0.494 e. The molecule has 0 spiro atoms. The van der Waals surface area contributed by atoms with E-state index in [1.807, 2.05) is 26.8 Å². The molecule has 3 nitrogen and oxygen atoms in total. The van der Waals surface area contributed by atoms with Gasteiger partial charge in [-0.15, -0.1) is 0 Å². The summed E-state index contributed by atoms with van der Waals surface area (Å²) < 4.78 is 5.71. The standard InChI is InChI=1S/C16H23ClO3/c1-5-7-12(9-14(18)19)15-11(4)16(17)10(3)8-13(15)20-6-2/h8,12H,5-7,9H2,1-4H3,(H,18,19). The van der Waals surface area contributed by atoms with Crippen LogP contribution in [0.4, 0.5) is 0 Å². The summed E-state index contributed by atoms with van der Waals surface area (Å²) in [5, 5.41) is 9.84. The molecule has 0 amide bonds. The van der Waals surface area contributed by atoms with Crippen LogP contribution in [0.25, 0.3) is 0 Å². The monoisotopic (exact) mass is 298 g/mol. The number of hydrogen-bond donors (Lipinski definition) is 1. The molecule has 0 aromatic heterocycles. The van der Waals surface area contributed by atoms with E-state index in [9.17, 15) is 4.79 Å². The average Bonchev–Trinajstić information content (AvgIpc) is 2.36. The van der Waals surface area contributed by atoms with Crippen LogP contribution in [0.1, 0.15) is 55.7 Å². The van der Waals surface area contributed by atoms with Gasteiger partial charge in [0.1, 0.15) is 5.75 Å². The highest BCUT2D eigenvalue weighted by Crippen LogP contribution is 2.39. The molecule has 0 aliphatic rings. The van der Waals surface area contributed by atoms with Crippen LogP contribution >= 0.6 is 11.6 Å². The third kappa shape index (κ3) is 3.89. The molecule has 0 saturated heterocycles. The maximum atomic E-state index is 11.1. The van der Waals surface area contributed by atoms with E-state index in [1.165, 1.54) is 0 Å². The minimum absolute atomic E-state index is 0.0582. The van der Waals surface area contributed by atoms with Gasteiger partial charge in [-0.25, -0.2) is 0 Å². The molecule has 0 fully saturated rings. The summed E-state index contributed by atoms with van der Waals surface area (Å²) in [5.74, 6) is -0.0780. The largest absolute Gasteiger partial charge is 0.494 e. The lowest BCUT2D eigenvalue weighted by Gasteiger charge is -2.22. The fourth-order valence-corrected chi connectivity index (χ4v) is 2.78. The van der Waals surface area contributed by atoms with Gasteiger partial charge in [-0.05, 0) is 50.3 Å². The van der Waals surface area contributed by atoms with E-state index in [4.69, 9.17) is 21.4 Å². The van der Waals surface area contributed by atoms with Crippen LogP contribution < -0.4 is 4.74 Å². The molecule has 0 saturated carbocycles. The third-order valence-corrected chi connectivity index (χ3v) is 4.04. The molecule has 1 atom stereocenters. The van der Waals surface area contributed by atoms with Crippen molar-refractivity contribution in [1.82, 2.24) is 0 Å². The second-order valence-corrected chi connectivity index (χ2v) is 5.44. The average molecular weight is 299 g/mol. The zero-order valence-electron chi connectivity index (χ0n) is 12.6. The molecule has 1 unspecified atom stereocenters. The summed E-state index contributed by atoms with van der Waals surface area (Å²) in [7, 11) is 0. The molecule has 0 aliphatic carbocycles. The van der Waals surface area contributed by atoms with Gasteiger partial charge in [0.25, 0.3) is 0 Å². The summed E-state index contributed by atoms with van der Waals surface area (Å²) in [4.78, 5) is 11.1. The molecule has 0 heterocycles. The number of hydrogen-bond acceptors (Lipinski definition) is 2. The second-order valence-electron chi connectivity index (χ2n) is 5.06. The zero-order valence-corrected chi connectivity index (χ0v) is 13.4. The van der Waals surface area contributed by atoms with Gasteiger partial charge in [-0.2, -0.15) is 0 Å². The van der Waals surface area contributed by atoms with E-state index in [-0.39, 0.29) is 12.3 Å². The van der Waals surface area contributed by atoms with E-state index in [0.29, 0.717) is 11.6 Å². The van der Waals surface area contributed by atoms with Crippen molar-refractivity contribution in [1.29, 1.82) is 0 Å². The second kappa shape index (κ2) is 7.53. The molecule has 0 radical (unpaired) electrons. The lowest BCUT2D eigenvalue weighted by Crippen LogP contribution is -2.11. The van der Waals surface area contributed by atoms with Gasteiger partial charge in [0.2, 0.25) is 0 Å². The van der Waals surface area contributed by atoms with Crippen LogP contribution in [0.2, 0.25) is 5.02 Å². The highest BCUT2D eigenvalue weighted by atomic mass is 35.5. The summed E-state index contributed by atoms with van der Waals surface area (Å²) >= 11 is 6.33. The smallest absolute Gasteiger partial charge is 0.303 e. The summed E-state index contributed by atoms with van der Waals surface area (Å²) in [6, 6.07) is 1.92. The predicted octanol–water partition coefficient (Wildman–Crippen LogP) is 4.71. The molecule has 0 aliphatic heterocycles. The lowest BCUT2D eigenvalue weighted by atomic mass is 9.87. The third-order valence-electron chi connectivity index (χ3n) is 3.46. The number of rotatable bonds is 7. The Morgan fingerprint density at radius 3 is 2.55 bits per heavy atom. The fourth-order valence-electron chi connectivity index (χ4n) is 2.63. The molecule has 1 aromatic carbocycles. The lowest BCUT2D eigenvalue weighted by molar-refractivity contribution is -0.137. The first-order valence-corrected chi connectivity index (χ1v) is 7.44. The van der Waals surface area contributed by atoms with E-state index in [0.717, 1.165) is 35.3 Å². The predicted molar refractivity (Wildman–Crippen MR) is 82.0 cm³/mol. The maximum absolute atomic E-state index is 11.1. The van der Waals surface area contributed by atoms with Crippen molar-refractivity contribution in [3.05, 3.63) is 27.8 Å². The van der Waals surface area contributed by atoms with Crippen LogP contribution in [0.15, 0.2) is 6.07 Å². The van der Waals surface area contributed by atoms with Crippen LogP contribution in [-0.4, -0.2) is 17.7 Å². The van der Waals surface area contributed by atoms with Crippen LogP contribution in [0, 0.1) is 13.8 Å². The van der Waals surface area contributed by atoms with Crippen molar-refractivity contribution in [3.63, 3.8) is 0 Å². The molecule has 1 N–H and O–H groups in total. The molecular formula is C16H23ClO3. The maximum Gasteiger partial charge on any atom is 0.303 e. The molecule has 1 rings (SSSR count). The Morgan fingerprint density at radius 1 is 1.40 bits per heavy atom. The number of halogens is 1. The fraction of sp³-hybridized carbons (Fsp3) is 0.562. The SMILES string of the molecule is CCCC(CC(=O)O)c1c(OCC)cc(C)c(Cl)c1C. The molecule has 4 heteroatoms. The van der Waals surface area contributed by atoms with E-state index < -0.39 is 5.97 Å². The number of ether oxygens (including phenoxy) is 1. The Hall–Kier alpha value is -1.22. The molecule has 112 valence electrons. The summed E-state index contributed by atoms with van der Waals surface area (Å²) in [6.07, 6.45) is 1.84. The van der Waals surface area contributed by atoms with Crippen molar-refractivity contribution in [2.75, 3.05) is 6.61 Å². The first kappa shape index (κ1) is 16.8. The number of benzene rings is 1. The molecular weight excluding hydrogens is 276 g/mol. The van der Waals surface area contributed by atoms with Gasteiger partial charge in [0.05, 0.1) is 13.0 Å². The Kier molecular flexibility index (Phi) is 6.34. The van der Waals surface area contributed by atoms with Crippen molar-refractivity contribution in [2.45, 2.75) is 52.9 Å². The van der Waals surface area contributed by atoms with Gasteiger partial charge < -0.3 is 9.84 Å². The Morgan fingerprint density at radius 2 is 2.05 bits per heavy atom. The van der Waals surface area contributed by atoms with Gasteiger partial charge in [-0.3, -0.25) is 4.79 Å². The number of aliphatic carboxylic acids is 1. The normalized spacial score (nSPS) is 12.2. The van der Waals surface area contributed by atoms with E-state index >= 15 is 0 Å². The highest BCUT2D eigenvalue weighted by molar-refractivity contribution is 6.32. The van der Waals surface area contributed by atoms with Gasteiger partial charge in [0, 0.05) is 10.6 Å². The topological polar surface area (TPSA) is 46.5 Å². The minimum atomic E-state index is -0.790. The van der Waals surface area contributed by atoms with Crippen molar-refractivity contribution in [3.8, 4) is 5.75 Å². The van der Waals surface area contributed by atoms with Gasteiger partial charge in [-0.1, -0.05) is 24.9 Å². The first-order valence-electron chi connectivity index (χ1n) is 7.06. The Bertz CT molecular complexity index is 483. The number of carboxylic acids is 1. The highest BCUT2D eigenvalue weighted by Gasteiger charge is 2.23. The first-order chi connectivity index (χ1) is 9.42.